The first-order chi connectivity index (χ1) is 8.52. The van der Waals surface area contributed by atoms with Gasteiger partial charge in [0.1, 0.15) is 5.78 Å². The molecular weight excluding hydrogens is 230 g/mol. The van der Waals surface area contributed by atoms with Gasteiger partial charge in [-0.1, -0.05) is 0 Å². The second-order valence-electron chi connectivity index (χ2n) is 4.35. The lowest BCUT2D eigenvalue weighted by Crippen LogP contribution is -2.46. The summed E-state index contributed by atoms with van der Waals surface area (Å²) in [6, 6.07) is 7.16. The number of amides is 1. The number of nitriles is 1. The highest BCUT2D eigenvalue weighted by molar-refractivity contribution is 6.06. The molecule has 1 aromatic carbocycles. The largest absolute Gasteiger partial charge is 0.364 e. The average Bonchev–Trinajstić information content (AvgIpc) is 2.33. The van der Waals surface area contributed by atoms with Crippen LogP contribution in [0.15, 0.2) is 18.2 Å². The van der Waals surface area contributed by atoms with E-state index in [2.05, 4.69) is 6.07 Å². The topological polar surface area (TPSA) is 64.4 Å². The van der Waals surface area contributed by atoms with Gasteiger partial charge in [0.2, 0.25) is 5.91 Å². The summed E-state index contributed by atoms with van der Waals surface area (Å²) in [4.78, 5) is 26.4. The number of ketones is 1. The van der Waals surface area contributed by atoms with Crippen LogP contribution in [0.1, 0.15) is 12.5 Å². The van der Waals surface area contributed by atoms with Crippen molar-refractivity contribution in [1.29, 1.82) is 5.26 Å². The van der Waals surface area contributed by atoms with Crippen LogP contribution in [0.5, 0.6) is 0 Å². The van der Waals surface area contributed by atoms with Crippen LogP contribution in [0, 0.1) is 11.3 Å². The molecule has 0 radical (unpaired) electrons. The zero-order valence-corrected chi connectivity index (χ0v) is 10.3. The Bertz CT molecular complexity index is 560. The fourth-order valence-corrected chi connectivity index (χ4v) is 2.03. The van der Waals surface area contributed by atoms with Gasteiger partial charge in [0.05, 0.1) is 36.1 Å². The normalized spacial score (nSPS) is 14.2. The van der Waals surface area contributed by atoms with Gasteiger partial charge in [-0.25, -0.2) is 0 Å². The minimum Gasteiger partial charge on any atom is -0.364 e. The zero-order chi connectivity index (χ0) is 13.3. The number of benzene rings is 1. The molecule has 0 N–H and O–H groups in total. The van der Waals surface area contributed by atoms with Gasteiger partial charge in [-0.15, -0.1) is 0 Å². The van der Waals surface area contributed by atoms with Crippen LogP contribution < -0.4 is 9.80 Å². The number of likely N-dealkylation sites (N-methyl/N-ethyl adjacent to an activating group) is 1. The molecule has 1 heterocycles. The standard InChI is InChI=1S/C13H13N3O2/c1-9(17)7-16-11-4-3-10(6-14)5-12(11)15(2)8-13(16)18/h3-5H,7-8H2,1-2H3. The number of rotatable bonds is 2. The van der Waals surface area contributed by atoms with Gasteiger partial charge in [0.25, 0.3) is 0 Å². The van der Waals surface area contributed by atoms with E-state index in [0.717, 1.165) is 5.69 Å². The Morgan fingerprint density at radius 3 is 2.78 bits per heavy atom. The van der Waals surface area contributed by atoms with Gasteiger partial charge in [-0.3, -0.25) is 9.59 Å². The smallest absolute Gasteiger partial charge is 0.246 e. The average molecular weight is 243 g/mol. The Balaban J connectivity index is 2.49. The quantitative estimate of drug-likeness (QED) is 0.775. The monoisotopic (exact) mass is 243 g/mol. The fourth-order valence-electron chi connectivity index (χ4n) is 2.03. The number of anilines is 2. The van der Waals surface area contributed by atoms with Crippen molar-refractivity contribution in [3.63, 3.8) is 0 Å². The van der Waals surface area contributed by atoms with Crippen molar-refractivity contribution in [2.45, 2.75) is 6.92 Å². The minimum absolute atomic E-state index is 0.0665. The summed E-state index contributed by atoms with van der Waals surface area (Å²) < 4.78 is 0. The SMILES string of the molecule is CC(=O)CN1C(=O)CN(C)c2cc(C#N)ccc21. The summed E-state index contributed by atoms with van der Waals surface area (Å²) in [6.45, 7) is 1.75. The molecule has 1 aliphatic rings. The zero-order valence-electron chi connectivity index (χ0n) is 10.3. The molecule has 0 spiro atoms. The van der Waals surface area contributed by atoms with Crippen LogP contribution in [-0.2, 0) is 9.59 Å². The van der Waals surface area contributed by atoms with E-state index in [-0.39, 0.29) is 24.8 Å². The molecule has 0 bridgehead atoms. The van der Waals surface area contributed by atoms with Gasteiger partial charge in [0.15, 0.2) is 0 Å². The van der Waals surface area contributed by atoms with E-state index in [4.69, 9.17) is 5.26 Å². The van der Waals surface area contributed by atoms with Crippen molar-refractivity contribution in [2.75, 3.05) is 29.9 Å². The first-order valence-electron chi connectivity index (χ1n) is 5.58. The van der Waals surface area contributed by atoms with Crippen LogP contribution in [0.3, 0.4) is 0 Å². The summed E-state index contributed by atoms with van der Waals surface area (Å²) in [5.41, 5.74) is 2.02. The van der Waals surface area contributed by atoms with Crippen molar-refractivity contribution in [3.8, 4) is 6.07 Å². The first kappa shape index (κ1) is 12.1. The summed E-state index contributed by atoms with van der Waals surface area (Å²) in [7, 11) is 1.79. The number of carbonyl (C=O) groups is 2. The molecule has 18 heavy (non-hydrogen) atoms. The first-order valence-corrected chi connectivity index (χ1v) is 5.58. The Labute approximate surface area is 105 Å². The van der Waals surface area contributed by atoms with Gasteiger partial charge >= 0.3 is 0 Å². The molecule has 92 valence electrons. The molecule has 5 nitrogen and oxygen atoms in total. The number of carbonyl (C=O) groups excluding carboxylic acids is 2. The predicted molar refractivity (Wildman–Crippen MR) is 67.5 cm³/mol. The summed E-state index contributed by atoms with van der Waals surface area (Å²) >= 11 is 0. The molecule has 0 unspecified atom stereocenters. The highest BCUT2D eigenvalue weighted by atomic mass is 16.2. The molecule has 1 aliphatic heterocycles. The lowest BCUT2D eigenvalue weighted by Gasteiger charge is -2.34. The lowest BCUT2D eigenvalue weighted by molar-refractivity contribution is -0.121. The van der Waals surface area contributed by atoms with Gasteiger partial charge in [-0.05, 0) is 25.1 Å². The van der Waals surface area contributed by atoms with E-state index in [1.807, 2.05) is 0 Å². The molecule has 1 aromatic rings. The Hall–Kier alpha value is -2.35. The van der Waals surface area contributed by atoms with Crippen LogP contribution in [0.2, 0.25) is 0 Å². The second kappa shape index (κ2) is 4.49. The molecule has 0 aliphatic carbocycles. The molecule has 0 aromatic heterocycles. The summed E-state index contributed by atoms with van der Waals surface area (Å²) in [5.74, 6) is -0.173. The van der Waals surface area contributed by atoms with Crippen molar-refractivity contribution in [1.82, 2.24) is 0 Å². The minimum atomic E-state index is -0.107. The highest BCUT2D eigenvalue weighted by Gasteiger charge is 2.28. The van der Waals surface area contributed by atoms with Crippen LogP contribution >= 0.6 is 0 Å². The van der Waals surface area contributed by atoms with Crippen LogP contribution in [0.4, 0.5) is 11.4 Å². The van der Waals surface area contributed by atoms with E-state index < -0.39 is 0 Å². The Morgan fingerprint density at radius 2 is 2.17 bits per heavy atom. The van der Waals surface area contributed by atoms with E-state index in [1.54, 1.807) is 30.1 Å². The fraction of sp³-hybridized carbons (Fsp3) is 0.308. The number of Topliss-reactive ketones (excluding diaryl/α,β-unsaturated/α-hetero) is 1. The van der Waals surface area contributed by atoms with Crippen LogP contribution in [0.25, 0.3) is 0 Å². The van der Waals surface area contributed by atoms with Crippen molar-refractivity contribution in [2.24, 2.45) is 0 Å². The number of fused-ring (bicyclic) bond motifs is 1. The number of hydrogen-bond acceptors (Lipinski definition) is 4. The van der Waals surface area contributed by atoms with Gasteiger partial charge < -0.3 is 9.80 Å². The number of nitrogens with zero attached hydrogens (tertiary/aromatic N) is 3. The molecule has 0 saturated carbocycles. The third-order valence-electron chi connectivity index (χ3n) is 2.86. The lowest BCUT2D eigenvalue weighted by atomic mass is 10.1. The maximum atomic E-state index is 11.9. The second-order valence-corrected chi connectivity index (χ2v) is 4.35. The van der Waals surface area contributed by atoms with E-state index in [0.29, 0.717) is 11.3 Å². The predicted octanol–water partition coefficient (Wildman–Crippen LogP) is 0.930. The van der Waals surface area contributed by atoms with Gasteiger partial charge in [-0.2, -0.15) is 5.26 Å². The maximum absolute atomic E-state index is 11.9. The van der Waals surface area contributed by atoms with E-state index in [1.165, 1.54) is 11.8 Å². The van der Waals surface area contributed by atoms with Crippen molar-refractivity contribution in [3.05, 3.63) is 23.8 Å². The molecule has 5 heteroatoms. The molecule has 1 amide bonds. The molecule has 0 fully saturated rings. The molecule has 0 saturated heterocycles. The third kappa shape index (κ3) is 2.05. The Kier molecular flexibility index (Phi) is 3.02. The van der Waals surface area contributed by atoms with Crippen molar-refractivity contribution < 1.29 is 9.59 Å². The molecular formula is C13H13N3O2. The van der Waals surface area contributed by atoms with Crippen LogP contribution in [-0.4, -0.2) is 31.8 Å². The molecule has 2 rings (SSSR count). The Morgan fingerprint density at radius 1 is 1.44 bits per heavy atom. The third-order valence-corrected chi connectivity index (χ3v) is 2.86. The maximum Gasteiger partial charge on any atom is 0.246 e. The molecule has 0 atom stereocenters. The highest BCUT2D eigenvalue weighted by Crippen LogP contribution is 2.33. The van der Waals surface area contributed by atoms with Gasteiger partial charge in [0, 0.05) is 7.05 Å². The summed E-state index contributed by atoms with van der Waals surface area (Å²) in [5, 5.41) is 8.89. The number of hydrogen-bond donors (Lipinski definition) is 0. The summed E-state index contributed by atoms with van der Waals surface area (Å²) in [6.07, 6.45) is 0. The van der Waals surface area contributed by atoms with E-state index >= 15 is 0 Å². The van der Waals surface area contributed by atoms with E-state index in [9.17, 15) is 9.59 Å². The van der Waals surface area contributed by atoms with Crippen molar-refractivity contribution >= 4 is 23.1 Å².